The highest BCUT2D eigenvalue weighted by Crippen LogP contribution is 2.20. The molecule has 0 aromatic heterocycles. The zero-order valence-corrected chi connectivity index (χ0v) is 8.56. The molecule has 0 atom stereocenters. The van der Waals surface area contributed by atoms with Crippen LogP contribution in [0.3, 0.4) is 0 Å². The number of nitrogens with zero attached hydrogens (tertiary/aromatic N) is 1. The van der Waals surface area contributed by atoms with Gasteiger partial charge in [0.15, 0.2) is 0 Å². The van der Waals surface area contributed by atoms with Crippen LogP contribution in [-0.2, 0) is 4.74 Å². The van der Waals surface area contributed by atoms with Gasteiger partial charge in [-0.3, -0.25) is 4.79 Å². The van der Waals surface area contributed by atoms with Crippen molar-refractivity contribution >= 4 is 28.7 Å². The largest absolute Gasteiger partial charge is 0.508 e. The van der Waals surface area contributed by atoms with Gasteiger partial charge in [0, 0.05) is 0 Å². The van der Waals surface area contributed by atoms with E-state index in [0.29, 0.717) is 4.90 Å². The summed E-state index contributed by atoms with van der Waals surface area (Å²) in [4.78, 5) is 22.8. The zero-order valence-electron chi connectivity index (χ0n) is 7.81. The number of phenolic OH excluding ortho intramolecular Hbond substituents is 1. The number of carbonyl (C=O) groups excluding carboxylic acids is 2. The van der Waals surface area contributed by atoms with Crippen molar-refractivity contribution in [1.82, 2.24) is 0 Å². The van der Waals surface area contributed by atoms with E-state index in [1.165, 1.54) is 24.3 Å². The minimum Gasteiger partial charge on any atom is -0.508 e. The predicted molar refractivity (Wildman–Crippen MR) is 54.2 cm³/mol. The van der Waals surface area contributed by atoms with Crippen molar-refractivity contribution in [1.29, 1.82) is 0 Å². The first-order valence-corrected chi connectivity index (χ1v) is 4.30. The lowest BCUT2D eigenvalue weighted by Gasteiger charge is -2.15. The number of imide groups is 1. The van der Waals surface area contributed by atoms with Crippen LogP contribution >= 0.6 is 11.6 Å². The maximum absolute atomic E-state index is 11.2. The van der Waals surface area contributed by atoms with Crippen molar-refractivity contribution in [3.05, 3.63) is 24.3 Å². The lowest BCUT2D eigenvalue weighted by molar-refractivity contribution is 0.180. The standard InChI is InChI=1S/C9H8ClNO4/c1-15-9(14)11(8(10)13)6-2-4-7(12)5-3-6/h2-5,12H,1H3. The van der Waals surface area contributed by atoms with E-state index in [2.05, 4.69) is 4.74 Å². The van der Waals surface area contributed by atoms with E-state index in [4.69, 9.17) is 16.7 Å². The highest BCUT2D eigenvalue weighted by molar-refractivity contribution is 6.68. The summed E-state index contributed by atoms with van der Waals surface area (Å²) in [6.45, 7) is 0. The topological polar surface area (TPSA) is 66.8 Å². The van der Waals surface area contributed by atoms with E-state index in [-0.39, 0.29) is 11.4 Å². The Hall–Kier alpha value is -1.75. The number of rotatable bonds is 1. The summed E-state index contributed by atoms with van der Waals surface area (Å²) in [5.41, 5.74) is 0.222. The Kier molecular flexibility index (Phi) is 3.51. The van der Waals surface area contributed by atoms with Gasteiger partial charge in [0.05, 0.1) is 12.8 Å². The molecule has 15 heavy (non-hydrogen) atoms. The van der Waals surface area contributed by atoms with Crippen LogP contribution in [0.4, 0.5) is 15.3 Å². The van der Waals surface area contributed by atoms with E-state index in [9.17, 15) is 9.59 Å². The third-order valence-electron chi connectivity index (χ3n) is 1.64. The van der Waals surface area contributed by atoms with Crippen molar-refractivity contribution < 1.29 is 19.4 Å². The fraction of sp³-hybridized carbons (Fsp3) is 0.111. The maximum atomic E-state index is 11.2. The number of hydrogen-bond donors (Lipinski definition) is 1. The number of aromatic hydroxyl groups is 1. The smallest absolute Gasteiger partial charge is 0.421 e. The van der Waals surface area contributed by atoms with Crippen LogP contribution in [0.25, 0.3) is 0 Å². The molecule has 5 nitrogen and oxygen atoms in total. The second-order valence-corrected chi connectivity index (χ2v) is 2.90. The number of methoxy groups -OCH3 is 1. The number of ether oxygens (including phenoxy) is 1. The predicted octanol–water partition coefficient (Wildman–Crippen LogP) is 2.32. The molecule has 2 amide bonds. The summed E-state index contributed by atoms with van der Waals surface area (Å²) in [6, 6.07) is 5.38. The minimum absolute atomic E-state index is 0.0191. The zero-order chi connectivity index (χ0) is 11.4. The van der Waals surface area contributed by atoms with Gasteiger partial charge in [-0.25, -0.2) is 9.69 Å². The van der Waals surface area contributed by atoms with E-state index in [0.717, 1.165) is 7.11 Å². The monoisotopic (exact) mass is 229 g/mol. The summed E-state index contributed by atoms with van der Waals surface area (Å²) in [5.74, 6) is 0.0191. The lowest BCUT2D eigenvalue weighted by Crippen LogP contribution is -2.32. The number of amides is 2. The number of halogens is 1. The molecule has 0 bridgehead atoms. The molecule has 0 aliphatic heterocycles. The van der Waals surface area contributed by atoms with Crippen LogP contribution in [0.15, 0.2) is 24.3 Å². The first-order chi connectivity index (χ1) is 7.06. The summed E-state index contributed by atoms with van der Waals surface area (Å²) < 4.78 is 4.38. The third kappa shape index (κ3) is 2.60. The molecule has 0 spiro atoms. The minimum atomic E-state index is -0.979. The molecule has 1 N–H and O–H groups in total. The SMILES string of the molecule is COC(=O)N(C(=O)Cl)c1ccc(O)cc1. The first kappa shape index (κ1) is 11.3. The molecule has 0 heterocycles. The summed E-state index contributed by atoms with van der Waals surface area (Å²) in [5, 5.41) is 8.04. The van der Waals surface area contributed by atoms with Crippen molar-refractivity contribution in [2.24, 2.45) is 0 Å². The van der Waals surface area contributed by atoms with E-state index >= 15 is 0 Å². The Bertz CT molecular complexity index is 376. The van der Waals surface area contributed by atoms with Crippen LogP contribution in [0, 0.1) is 0 Å². The normalized spacial score (nSPS) is 9.47. The van der Waals surface area contributed by atoms with Gasteiger partial charge >= 0.3 is 11.5 Å². The number of carbonyl (C=O) groups is 2. The molecule has 0 aliphatic carbocycles. The van der Waals surface area contributed by atoms with Crippen LogP contribution in [0.2, 0.25) is 0 Å². The van der Waals surface area contributed by atoms with Gasteiger partial charge in [0.25, 0.3) is 0 Å². The van der Waals surface area contributed by atoms with E-state index < -0.39 is 11.5 Å². The van der Waals surface area contributed by atoms with Gasteiger partial charge in [-0.05, 0) is 35.9 Å². The first-order valence-electron chi connectivity index (χ1n) is 3.93. The van der Waals surface area contributed by atoms with Crippen molar-refractivity contribution in [2.45, 2.75) is 0 Å². The van der Waals surface area contributed by atoms with Crippen LogP contribution in [-0.4, -0.2) is 23.7 Å². The van der Waals surface area contributed by atoms with Gasteiger partial charge in [0.2, 0.25) is 0 Å². The third-order valence-corrected chi connectivity index (χ3v) is 1.81. The summed E-state index contributed by atoms with van der Waals surface area (Å²) >= 11 is 5.22. The molecule has 0 saturated heterocycles. The van der Waals surface area contributed by atoms with Gasteiger partial charge in [-0.2, -0.15) is 0 Å². The Labute approximate surface area is 90.8 Å². The molecule has 1 rings (SSSR count). The molecule has 0 unspecified atom stereocenters. The average Bonchev–Trinajstić information content (AvgIpc) is 2.20. The van der Waals surface area contributed by atoms with Crippen molar-refractivity contribution in [2.75, 3.05) is 12.0 Å². The molecule has 0 saturated carbocycles. The number of benzene rings is 1. The van der Waals surface area contributed by atoms with E-state index in [1.807, 2.05) is 0 Å². The molecule has 1 aromatic rings. The summed E-state index contributed by atoms with van der Waals surface area (Å²) in [7, 11) is 1.13. The highest BCUT2D eigenvalue weighted by Gasteiger charge is 2.22. The molecule has 80 valence electrons. The lowest BCUT2D eigenvalue weighted by atomic mass is 10.3. The Morgan fingerprint density at radius 2 is 1.87 bits per heavy atom. The molecular formula is C9H8ClNO4. The molecular weight excluding hydrogens is 222 g/mol. The average molecular weight is 230 g/mol. The molecule has 6 heteroatoms. The molecule has 0 radical (unpaired) electrons. The maximum Gasteiger partial charge on any atom is 0.421 e. The van der Waals surface area contributed by atoms with Crippen molar-refractivity contribution in [3.63, 3.8) is 0 Å². The van der Waals surface area contributed by atoms with Crippen LogP contribution in [0.1, 0.15) is 0 Å². The van der Waals surface area contributed by atoms with Crippen molar-refractivity contribution in [3.8, 4) is 5.75 Å². The molecule has 0 fully saturated rings. The number of anilines is 1. The number of phenols is 1. The summed E-state index contributed by atoms with van der Waals surface area (Å²) in [6.07, 6.45) is -0.888. The van der Waals surface area contributed by atoms with Gasteiger partial charge in [-0.15, -0.1) is 0 Å². The van der Waals surface area contributed by atoms with E-state index in [1.54, 1.807) is 0 Å². The number of hydrogen-bond acceptors (Lipinski definition) is 4. The quantitative estimate of drug-likeness (QED) is 0.593. The molecule has 1 aromatic carbocycles. The van der Waals surface area contributed by atoms with Crippen LogP contribution in [0.5, 0.6) is 5.75 Å². The Morgan fingerprint density at radius 1 is 1.33 bits per heavy atom. The fourth-order valence-electron chi connectivity index (χ4n) is 0.972. The Balaban J connectivity index is 3.04. The second kappa shape index (κ2) is 4.65. The highest BCUT2D eigenvalue weighted by atomic mass is 35.5. The fourth-order valence-corrected chi connectivity index (χ4v) is 1.14. The van der Waals surface area contributed by atoms with Gasteiger partial charge < -0.3 is 9.84 Å². The Morgan fingerprint density at radius 3 is 2.27 bits per heavy atom. The van der Waals surface area contributed by atoms with Crippen LogP contribution < -0.4 is 4.90 Å². The second-order valence-electron chi connectivity index (χ2n) is 2.57. The van der Waals surface area contributed by atoms with Gasteiger partial charge in [0.1, 0.15) is 5.75 Å². The molecule has 0 aliphatic rings. The van der Waals surface area contributed by atoms with Gasteiger partial charge in [-0.1, -0.05) is 0 Å².